The molecule has 88 valence electrons. The molecule has 7 nitrogen and oxygen atoms in total. The van der Waals surface area contributed by atoms with Crippen LogP contribution in [0.4, 0.5) is 0 Å². The number of carboxylic acid groups (broad SMARTS) is 1. The summed E-state index contributed by atoms with van der Waals surface area (Å²) in [6.07, 6.45) is 1.17. The van der Waals surface area contributed by atoms with E-state index in [9.17, 15) is 9.90 Å². The van der Waals surface area contributed by atoms with E-state index >= 15 is 0 Å². The van der Waals surface area contributed by atoms with Gasteiger partial charge in [0.05, 0.1) is 19.0 Å². The summed E-state index contributed by atoms with van der Waals surface area (Å²) in [5.74, 6) is -1.10. The first-order valence-electron chi connectivity index (χ1n) is 4.58. The Morgan fingerprint density at radius 3 is 2.88 bits per heavy atom. The van der Waals surface area contributed by atoms with E-state index in [1.807, 2.05) is 0 Å². The van der Waals surface area contributed by atoms with E-state index < -0.39 is 5.97 Å². The molecule has 7 heteroatoms. The van der Waals surface area contributed by atoms with E-state index in [1.54, 1.807) is 0 Å². The summed E-state index contributed by atoms with van der Waals surface area (Å²) in [4.78, 5) is 18.4. The van der Waals surface area contributed by atoms with E-state index in [4.69, 9.17) is 9.84 Å². The Hall–Kier alpha value is -2.57. The van der Waals surface area contributed by atoms with Crippen LogP contribution in [0.3, 0.4) is 0 Å². The second-order valence-corrected chi connectivity index (χ2v) is 3.21. The fraction of sp³-hybridized carbons (Fsp3) is 0.100. The Kier molecular flexibility index (Phi) is 2.43. The smallest absolute Gasteiger partial charge is 0.354 e. The monoisotopic (exact) mass is 235 g/mol. The van der Waals surface area contributed by atoms with Crippen LogP contribution >= 0.6 is 0 Å². The number of ether oxygens (including phenoxy) is 1. The number of aromatic nitrogens is 3. The first kappa shape index (κ1) is 10.9. The number of rotatable bonds is 3. The molecule has 2 N–H and O–H groups in total. The summed E-state index contributed by atoms with van der Waals surface area (Å²) in [7, 11) is 1.39. The molecule has 0 saturated heterocycles. The number of imidazole rings is 1. The average Bonchev–Trinajstić information content (AvgIpc) is 2.69. The normalized spacial score (nSPS) is 10.4. The topological polar surface area (TPSA) is 97.0 Å². The van der Waals surface area contributed by atoms with E-state index in [1.165, 1.54) is 23.8 Å². The van der Waals surface area contributed by atoms with Crippen molar-refractivity contribution < 1.29 is 19.7 Å². The molecular formula is C10H9N3O4. The maximum absolute atomic E-state index is 10.9. The molecule has 0 aromatic carbocycles. The maximum atomic E-state index is 10.9. The Morgan fingerprint density at radius 1 is 1.59 bits per heavy atom. The zero-order chi connectivity index (χ0) is 12.6. The zero-order valence-electron chi connectivity index (χ0n) is 8.91. The molecule has 0 fully saturated rings. The lowest BCUT2D eigenvalue weighted by Gasteiger charge is -2.08. The van der Waals surface area contributed by atoms with Crippen LogP contribution in [0.1, 0.15) is 16.2 Å². The molecule has 0 saturated carbocycles. The van der Waals surface area contributed by atoms with Crippen LogP contribution in [0.5, 0.6) is 5.88 Å². The van der Waals surface area contributed by atoms with Crippen LogP contribution in [0.2, 0.25) is 0 Å². The summed E-state index contributed by atoms with van der Waals surface area (Å²) < 4.78 is 6.18. The molecular weight excluding hydrogens is 226 g/mol. The number of hydrogen-bond acceptors (Lipinski definition) is 5. The van der Waals surface area contributed by atoms with Gasteiger partial charge in [-0.3, -0.25) is 0 Å². The third-order valence-electron chi connectivity index (χ3n) is 2.21. The molecule has 0 atom stereocenters. The molecule has 2 heterocycles. The minimum Gasteiger partial charge on any atom is -0.495 e. The predicted octanol–water partition coefficient (Wildman–Crippen LogP) is 0.750. The third kappa shape index (κ3) is 1.67. The third-order valence-corrected chi connectivity index (χ3v) is 2.21. The molecule has 0 unspecified atom stereocenters. The highest BCUT2D eigenvalue weighted by atomic mass is 16.5. The zero-order valence-corrected chi connectivity index (χ0v) is 8.91. The van der Waals surface area contributed by atoms with Gasteiger partial charge in [0, 0.05) is 0 Å². The lowest BCUT2D eigenvalue weighted by Crippen LogP contribution is -2.07. The van der Waals surface area contributed by atoms with Gasteiger partial charge in [-0.1, -0.05) is 6.58 Å². The van der Waals surface area contributed by atoms with E-state index in [0.29, 0.717) is 0 Å². The second-order valence-electron chi connectivity index (χ2n) is 3.21. The van der Waals surface area contributed by atoms with Crippen molar-refractivity contribution in [3.8, 4) is 5.88 Å². The summed E-state index contributed by atoms with van der Waals surface area (Å²) >= 11 is 0. The van der Waals surface area contributed by atoms with E-state index in [0.717, 1.165) is 0 Å². The van der Waals surface area contributed by atoms with Gasteiger partial charge in [-0.25, -0.2) is 19.2 Å². The minimum atomic E-state index is -1.19. The number of aromatic carboxylic acids is 1. The van der Waals surface area contributed by atoms with Gasteiger partial charge in [-0.05, 0) is 6.07 Å². The highest BCUT2D eigenvalue weighted by molar-refractivity contribution is 5.86. The SMILES string of the molecule is C=C(OC)c1cc(C(=O)O)nc2ncc(O)n12. The molecule has 17 heavy (non-hydrogen) atoms. The van der Waals surface area contributed by atoms with E-state index in [-0.39, 0.29) is 28.8 Å². The fourth-order valence-corrected chi connectivity index (χ4v) is 1.40. The van der Waals surface area contributed by atoms with Crippen LogP contribution in [0, 0.1) is 0 Å². The van der Waals surface area contributed by atoms with Crippen molar-refractivity contribution in [2.24, 2.45) is 0 Å². The lowest BCUT2D eigenvalue weighted by atomic mass is 10.3. The highest BCUT2D eigenvalue weighted by Gasteiger charge is 2.16. The quantitative estimate of drug-likeness (QED) is 0.762. The summed E-state index contributed by atoms with van der Waals surface area (Å²) in [5, 5.41) is 18.5. The Balaban J connectivity index is 2.80. The van der Waals surface area contributed by atoms with Crippen LogP contribution in [0.15, 0.2) is 18.8 Å². The standard InChI is InChI=1S/C10H9N3O4/c1-5(17-2)7-3-6(9(15)16)12-10-11-4-8(14)13(7)10/h3-4,14H,1H2,2H3,(H,15,16). The predicted molar refractivity (Wildman–Crippen MR) is 57.7 cm³/mol. The van der Waals surface area contributed by atoms with Crippen molar-refractivity contribution in [2.45, 2.75) is 0 Å². The maximum Gasteiger partial charge on any atom is 0.354 e. The first-order valence-corrected chi connectivity index (χ1v) is 4.58. The molecule has 0 aliphatic carbocycles. The number of fused-ring (bicyclic) bond motifs is 1. The number of aromatic hydroxyl groups is 1. The number of methoxy groups -OCH3 is 1. The number of carboxylic acids is 1. The first-order chi connectivity index (χ1) is 8.04. The van der Waals surface area contributed by atoms with Crippen molar-refractivity contribution in [3.05, 3.63) is 30.2 Å². The van der Waals surface area contributed by atoms with Gasteiger partial charge in [0.15, 0.2) is 5.69 Å². The summed E-state index contributed by atoms with van der Waals surface area (Å²) in [5.41, 5.74) is 0.0844. The summed E-state index contributed by atoms with van der Waals surface area (Å²) in [6.45, 7) is 3.61. The molecule has 2 rings (SSSR count). The van der Waals surface area contributed by atoms with Gasteiger partial charge in [0.2, 0.25) is 11.7 Å². The van der Waals surface area contributed by atoms with Gasteiger partial charge < -0.3 is 14.9 Å². The molecule has 2 aromatic rings. The molecule has 0 aliphatic rings. The largest absolute Gasteiger partial charge is 0.495 e. The number of carbonyl (C=O) groups is 1. The fourth-order valence-electron chi connectivity index (χ4n) is 1.40. The molecule has 0 bridgehead atoms. The average molecular weight is 235 g/mol. The molecule has 0 radical (unpaired) electrons. The van der Waals surface area contributed by atoms with Crippen molar-refractivity contribution in [3.63, 3.8) is 0 Å². The second kappa shape index (κ2) is 3.78. The Bertz CT molecular complexity index is 617. The molecule has 0 spiro atoms. The van der Waals surface area contributed by atoms with Crippen molar-refractivity contribution >= 4 is 17.5 Å². The van der Waals surface area contributed by atoms with Gasteiger partial charge >= 0.3 is 5.97 Å². The Labute approximate surface area is 95.6 Å². The number of hydrogen-bond donors (Lipinski definition) is 2. The van der Waals surface area contributed by atoms with Crippen LogP contribution in [0.25, 0.3) is 11.5 Å². The van der Waals surface area contributed by atoms with Gasteiger partial charge in [-0.15, -0.1) is 0 Å². The molecule has 0 amide bonds. The molecule has 0 aliphatic heterocycles. The summed E-state index contributed by atoms with van der Waals surface area (Å²) in [6, 6.07) is 1.25. The van der Waals surface area contributed by atoms with Crippen molar-refractivity contribution in [1.82, 2.24) is 14.4 Å². The molecule has 2 aromatic heterocycles. The van der Waals surface area contributed by atoms with Gasteiger partial charge in [0.25, 0.3) is 0 Å². The van der Waals surface area contributed by atoms with Crippen molar-refractivity contribution in [1.29, 1.82) is 0 Å². The number of nitrogens with zero attached hydrogens (tertiary/aromatic N) is 3. The van der Waals surface area contributed by atoms with E-state index in [2.05, 4.69) is 16.5 Å². The highest BCUT2D eigenvalue weighted by Crippen LogP contribution is 2.21. The minimum absolute atomic E-state index is 0.0654. The van der Waals surface area contributed by atoms with Gasteiger partial charge in [0.1, 0.15) is 5.76 Å². The van der Waals surface area contributed by atoms with Crippen LogP contribution in [-0.2, 0) is 4.74 Å². The van der Waals surface area contributed by atoms with Gasteiger partial charge in [-0.2, -0.15) is 0 Å². The van der Waals surface area contributed by atoms with Crippen molar-refractivity contribution in [2.75, 3.05) is 7.11 Å². The van der Waals surface area contributed by atoms with Crippen LogP contribution in [-0.4, -0.2) is 37.7 Å². The van der Waals surface area contributed by atoms with Crippen LogP contribution < -0.4 is 0 Å². The lowest BCUT2D eigenvalue weighted by molar-refractivity contribution is 0.0690. The Morgan fingerprint density at radius 2 is 2.29 bits per heavy atom.